The van der Waals surface area contributed by atoms with Crippen LogP contribution < -0.4 is 47.0 Å². The van der Waals surface area contributed by atoms with Crippen molar-refractivity contribution in [1.29, 1.82) is 0 Å². The van der Waals surface area contributed by atoms with E-state index in [2.05, 4.69) is 89.5 Å². The Morgan fingerprint density at radius 2 is 1.16 bits per heavy atom. The summed E-state index contributed by atoms with van der Waals surface area (Å²) < 4.78 is 22.8. The molecule has 7 aromatic rings. The van der Waals surface area contributed by atoms with Crippen LogP contribution in [0.15, 0.2) is 113 Å². The minimum atomic E-state index is -0.0536. The molecule has 43 heavy (non-hydrogen) atoms. The van der Waals surface area contributed by atoms with Crippen molar-refractivity contribution in [3.8, 4) is 40.2 Å². The molecule has 6 heterocycles. The van der Waals surface area contributed by atoms with Crippen LogP contribution in [0.3, 0.4) is 0 Å². The molecule has 0 aliphatic carbocycles. The maximum absolute atomic E-state index is 7.12. The zero-order chi connectivity index (χ0) is 27.6. The van der Waals surface area contributed by atoms with Gasteiger partial charge in [0.2, 0.25) is 0 Å². The van der Waals surface area contributed by atoms with Crippen molar-refractivity contribution >= 4 is 79.8 Å². The lowest BCUT2D eigenvalue weighted by atomic mass is 9.31. The van der Waals surface area contributed by atoms with Crippen LogP contribution in [0.5, 0.6) is 34.5 Å². The predicted molar refractivity (Wildman–Crippen MR) is 174 cm³/mol. The number of para-hydroxylation sites is 1. The standard InChI is InChI=1S/C36H17B2NO3S/c1-2-7-22-18(6-1)19-14-15-28-35-36(19)39(22)23-8-3-13-30-32(23)38(35)21-16-20-29(17-31(21)43-30)42-27-12-5-10-25-34(27)37(20)33-24(40-25)9-4-11-26(33)41-28/h1-17H. The normalized spacial score (nSPS) is 14.9. The van der Waals surface area contributed by atoms with Gasteiger partial charge in [-0.2, -0.15) is 0 Å². The minimum absolute atomic E-state index is 0.0319. The van der Waals surface area contributed by atoms with Crippen LogP contribution in [0.4, 0.5) is 0 Å². The van der Waals surface area contributed by atoms with Crippen molar-refractivity contribution in [3.05, 3.63) is 103 Å². The molecule has 4 nitrogen and oxygen atoms in total. The Hall–Kier alpha value is -5.00. The lowest BCUT2D eigenvalue weighted by molar-refractivity contribution is 0.456. The molecule has 0 saturated carbocycles. The second-order valence-corrected chi connectivity index (χ2v) is 13.0. The van der Waals surface area contributed by atoms with E-state index in [0.717, 1.165) is 45.4 Å². The van der Waals surface area contributed by atoms with Gasteiger partial charge in [-0.3, -0.25) is 0 Å². The highest BCUT2D eigenvalue weighted by molar-refractivity contribution is 8.00. The van der Waals surface area contributed by atoms with Crippen LogP contribution >= 0.6 is 11.8 Å². The van der Waals surface area contributed by atoms with Gasteiger partial charge in [-0.25, -0.2) is 0 Å². The predicted octanol–water partition coefficient (Wildman–Crippen LogP) is 4.91. The van der Waals surface area contributed by atoms with Gasteiger partial charge < -0.3 is 18.8 Å². The summed E-state index contributed by atoms with van der Waals surface area (Å²) in [6, 6.07) is 37.0. The van der Waals surface area contributed by atoms with Crippen LogP contribution in [0.25, 0.3) is 27.5 Å². The first kappa shape index (κ1) is 21.7. The van der Waals surface area contributed by atoms with Crippen LogP contribution in [-0.2, 0) is 0 Å². The van der Waals surface area contributed by atoms with Crippen LogP contribution in [0.2, 0.25) is 0 Å². The maximum Gasteiger partial charge on any atom is 0.265 e. The number of ether oxygens (including phenoxy) is 3. The molecule has 5 aliphatic rings. The average molecular weight is 565 g/mol. The third kappa shape index (κ3) is 2.41. The van der Waals surface area contributed by atoms with E-state index in [-0.39, 0.29) is 13.4 Å². The fraction of sp³-hybridized carbons (Fsp3) is 0. The molecule has 2 bridgehead atoms. The highest BCUT2D eigenvalue weighted by atomic mass is 32.2. The summed E-state index contributed by atoms with van der Waals surface area (Å²) in [6.45, 7) is -0.0216. The van der Waals surface area contributed by atoms with Gasteiger partial charge in [-0.15, -0.1) is 0 Å². The third-order valence-electron chi connectivity index (χ3n) is 9.97. The van der Waals surface area contributed by atoms with Gasteiger partial charge in [0.25, 0.3) is 13.4 Å². The lowest BCUT2D eigenvalue weighted by Crippen LogP contribution is -2.63. The van der Waals surface area contributed by atoms with E-state index in [9.17, 15) is 0 Å². The summed E-state index contributed by atoms with van der Waals surface area (Å²) in [5, 5.41) is 2.51. The Bertz CT molecular complexity index is 2500. The first-order valence-corrected chi connectivity index (χ1v) is 15.5. The topological polar surface area (TPSA) is 32.6 Å². The number of aromatic nitrogens is 1. The molecular weight excluding hydrogens is 548 g/mol. The molecule has 0 spiro atoms. The van der Waals surface area contributed by atoms with E-state index in [0.29, 0.717) is 0 Å². The van der Waals surface area contributed by atoms with Crippen molar-refractivity contribution in [2.45, 2.75) is 9.79 Å². The molecule has 0 radical (unpaired) electrons. The Morgan fingerprint density at radius 3 is 1.95 bits per heavy atom. The lowest BCUT2D eigenvalue weighted by Gasteiger charge is -2.38. The summed E-state index contributed by atoms with van der Waals surface area (Å²) in [4.78, 5) is 2.52. The highest BCUT2D eigenvalue weighted by Gasteiger charge is 2.47. The number of hydrogen-bond donors (Lipinski definition) is 0. The van der Waals surface area contributed by atoms with Crippen molar-refractivity contribution < 1.29 is 14.2 Å². The Kier molecular flexibility index (Phi) is 3.59. The third-order valence-corrected chi connectivity index (χ3v) is 11.1. The Labute approximate surface area is 251 Å². The van der Waals surface area contributed by atoms with Gasteiger partial charge in [0.1, 0.15) is 34.5 Å². The molecular formula is C36H17B2NO3S. The van der Waals surface area contributed by atoms with Gasteiger partial charge in [0.05, 0.1) is 11.0 Å². The Morgan fingerprint density at radius 1 is 0.488 bits per heavy atom. The quantitative estimate of drug-likeness (QED) is 0.245. The molecule has 0 N–H and O–H groups in total. The van der Waals surface area contributed by atoms with E-state index in [4.69, 9.17) is 14.2 Å². The van der Waals surface area contributed by atoms with E-state index in [1.807, 2.05) is 30.0 Å². The molecule has 0 saturated heterocycles. The summed E-state index contributed by atoms with van der Waals surface area (Å²) in [6.07, 6.45) is 0. The first-order chi connectivity index (χ1) is 21.3. The molecule has 5 aliphatic heterocycles. The molecule has 196 valence electrons. The minimum Gasteiger partial charge on any atom is -0.458 e. The molecule has 12 rings (SSSR count). The maximum atomic E-state index is 7.12. The second-order valence-electron chi connectivity index (χ2n) is 12.0. The zero-order valence-electron chi connectivity index (χ0n) is 22.5. The zero-order valence-corrected chi connectivity index (χ0v) is 23.4. The van der Waals surface area contributed by atoms with Gasteiger partial charge in [0.15, 0.2) is 0 Å². The van der Waals surface area contributed by atoms with Crippen molar-refractivity contribution in [3.63, 3.8) is 0 Å². The van der Waals surface area contributed by atoms with Gasteiger partial charge in [-0.1, -0.05) is 59.7 Å². The molecule has 0 fully saturated rings. The van der Waals surface area contributed by atoms with Gasteiger partial charge in [-0.05, 0) is 77.1 Å². The first-order valence-electron chi connectivity index (χ1n) is 14.7. The number of nitrogens with zero attached hydrogens (tertiary/aromatic N) is 1. The number of hydrogen-bond acceptors (Lipinski definition) is 4. The molecule has 0 unspecified atom stereocenters. The number of fused-ring (bicyclic) bond motifs is 4. The molecule has 6 aromatic carbocycles. The molecule has 7 heteroatoms. The summed E-state index contributed by atoms with van der Waals surface area (Å²) >= 11 is 1.85. The van der Waals surface area contributed by atoms with Gasteiger partial charge >= 0.3 is 0 Å². The molecule has 0 atom stereocenters. The average Bonchev–Trinajstić information content (AvgIpc) is 3.37. The molecule has 0 amide bonds. The van der Waals surface area contributed by atoms with Crippen LogP contribution in [0, 0.1) is 0 Å². The van der Waals surface area contributed by atoms with Crippen LogP contribution in [0.1, 0.15) is 0 Å². The van der Waals surface area contributed by atoms with Gasteiger partial charge in [0, 0.05) is 37.2 Å². The SMILES string of the molecule is c1cc2c3c(c1)Oc1cccc4c1B3c1cc3c(cc1O2)Sc1cccc2c1B3c1c(ccc3c5ccccc5n-2c13)O4. The fourth-order valence-electron chi connectivity index (χ4n) is 8.37. The summed E-state index contributed by atoms with van der Waals surface area (Å²) in [7, 11) is 0. The van der Waals surface area contributed by atoms with Crippen LogP contribution in [-0.4, -0.2) is 18.0 Å². The largest absolute Gasteiger partial charge is 0.458 e. The van der Waals surface area contributed by atoms with E-state index < -0.39 is 0 Å². The smallest absolute Gasteiger partial charge is 0.265 e. The fourth-order valence-corrected chi connectivity index (χ4v) is 9.55. The van der Waals surface area contributed by atoms with E-state index in [1.165, 1.54) is 59.1 Å². The van der Waals surface area contributed by atoms with E-state index >= 15 is 0 Å². The second kappa shape index (κ2) is 7.13. The highest BCUT2D eigenvalue weighted by Crippen LogP contribution is 2.43. The summed E-state index contributed by atoms with van der Waals surface area (Å²) in [5.74, 6) is 5.16. The monoisotopic (exact) mass is 565 g/mol. The Balaban J connectivity index is 1.30. The van der Waals surface area contributed by atoms with Crippen molar-refractivity contribution in [2.24, 2.45) is 0 Å². The molecule has 1 aromatic heterocycles. The van der Waals surface area contributed by atoms with Crippen molar-refractivity contribution in [1.82, 2.24) is 4.57 Å². The van der Waals surface area contributed by atoms with E-state index in [1.54, 1.807) is 0 Å². The summed E-state index contributed by atoms with van der Waals surface area (Å²) in [5.41, 5.74) is 10.9. The van der Waals surface area contributed by atoms with Crippen molar-refractivity contribution in [2.75, 3.05) is 0 Å². The number of rotatable bonds is 0. The number of benzene rings is 6.